The molecule has 1 atom stereocenters. The van der Waals surface area contributed by atoms with Gasteiger partial charge in [0.05, 0.1) is 10.9 Å². The fourth-order valence-corrected chi connectivity index (χ4v) is 2.38. The Labute approximate surface area is 136 Å². The van der Waals surface area contributed by atoms with Crippen LogP contribution in [0.2, 0.25) is 0 Å². The number of nitrogens with one attached hydrogen (secondary N) is 1. The predicted octanol–water partition coefficient (Wildman–Crippen LogP) is -0.385. The van der Waals surface area contributed by atoms with E-state index < -0.39 is 29.2 Å². The summed E-state index contributed by atoms with van der Waals surface area (Å²) in [6.45, 7) is 1.81. The maximum Gasteiger partial charge on any atom is 0.332 e. The summed E-state index contributed by atoms with van der Waals surface area (Å²) in [7, 11) is 2.80. The topological polar surface area (TPSA) is 123 Å². The van der Waals surface area contributed by atoms with Gasteiger partial charge in [-0.2, -0.15) is 0 Å². The van der Waals surface area contributed by atoms with Gasteiger partial charge in [0.25, 0.3) is 11.5 Å². The lowest BCUT2D eigenvalue weighted by molar-refractivity contribution is -0.139. The number of carbonyl (C=O) groups excluding carboxylic acids is 1. The van der Waals surface area contributed by atoms with Crippen LogP contribution in [-0.2, 0) is 18.9 Å². The van der Waals surface area contributed by atoms with Crippen LogP contribution >= 0.6 is 0 Å². The van der Waals surface area contributed by atoms with E-state index in [0.29, 0.717) is 12.8 Å². The molecule has 0 fully saturated rings. The van der Waals surface area contributed by atoms with Gasteiger partial charge < -0.3 is 10.4 Å². The van der Waals surface area contributed by atoms with Gasteiger partial charge in [-0.25, -0.2) is 14.6 Å². The Morgan fingerprint density at radius 3 is 2.54 bits per heavy atom. The molecule has 0 saturated heterocycles. The molecule has 1 unspecified atom stereocenters. The first-order chi connectivity index (χ1) is 11.3. The van der Waals surface area contributed by atoms with Crippen LogP contribution < -0.4 is 16.6 Å². The summed E-state index contributed by atoms with van der Waals surface area (Å²) in [5, 5.41) is 11.6. The highest BCUT2D eigenvalue weighted by Crippen LogP contribution is 2.08. The fourth-order valence-electron chi connectivity index (χ4n) is 2.38. The van der Waals surface area contributed by atoms with Crippen molar-refractivity contribution < 1.29 is 14.7 Å². The molecule has 2 aromatic heterocycles. The summed E-state index contributed by atoms with van der Waals surface area (Å²) in [6, 6.07) is 0.297. The van der Waals surface area contributed by atoms with Crippen molar-refractivity contribution in [3.8, 4) is 0 Å². The first-order valence-corrected chi connectivity index (χ1v) is 7.37. The number of hydrogen-bond donors (Lipinski definition) is 2. The van der Waals surface area contributed by atoms with E-state index in [9.17, 15) is 19.2 Å². The molecule has 2 rings (SSSR count). The number of pyridine rings is 1. The maximum absolute atomic E-state index is 12.2. The smallest absolute Gasteiger partial charge is 0.332 e. The van der Waals surface area contributed by atoms with Crippen LogP contribution in [0.1, 0.15) is 30.1 Å². The number of fused-ring (bicyclic) bond motifs is 1. The van der Waals surface area contributed by atoms with Crippen LogP contribution in [0.5, 0.6) is 0 Å². The summed E-state index contributed by atoms with van der Waals surface area (Å²) < 4.78 is 2.12. The Hall–Kier alpha value is -2.97. The number of hydrogen-bond acceptors (Lipinski definition) is 5. The minimum absolute atomic E-state index is 0.0561. The number of rotatable bonds is 5. The number of nitrogens with zero attached hydrogens (tertiary/aromatic N) is 3. The number of aryl methyl sites for hydroxylation is 1. The second kappa shape index (κ2) is 6.65. The van der Waals surface area contributed by atoms with E-state index in [-0.39, 0.29) is 16.6 Å². The minimum Gasteiger partial charge on any atom is -0.480 e. The van der Waals surface area contributed by atoms with E-state index in [1.807, 2.05) is 6.92 Å². The van der Waals surface area contributed by atoms with Gasteiger partial charge in [-0.05, 0) is 12.5 Å². The molecule has 0 radical (unpaired) electrons. The Morgan fingerprint density at radius 2 is 1.96 bits per heavy atom. The van der Waals surface area contributed by atoms with Gasteiger partial charge in [-0.3, -0.25) is 18.7 Å². The Kier molecular flexibility index (Phi) is 4.82. The monoisotopic (exact) mass is 334 g/mol. The number of carbonyl (C=O) groups is 2. The van der Waals surface area contributed by atoms with Gasteiger partial charge in [0.15, 0.2) is 0 Å². The lowest BCUT2D eigenvalue weighted by atomic mass is 10.1. The van der Waals surface area contributed by atoms with Crippen molar-refractivity contribution in [1.29, 1.82) is 0 Å². The Bertz CT molecular complexity index is 928. The highest BCUT2D eigenvalue weighted by molar-refractivity contribution is 5.98. The van der Waals surface area contributed by atoms with E-state index in [2.05, 4.69) is 10.3 Å². The SMILES string of the molecule is CCCC(NC(=O)c1cnc2c(c1)c(=O)n(C)c(=O)n2C)C(=O)O. The molecule has 24 heavy (non-hydrogen) atoms. The molecule has 128 valence electrons. The van der Waals surface area contributed by atoms with E-state index in [1.165, 1.54) is 30.9 Å². The highest BCUT2D eigenvalue weighted by atomic mass is 16.4. The van der Waals surface area contributed by atoms with E-state index in [1.54, 1.807) is 0 Å². The van der Waals surface area contributed by atoms with Crippen molar-refractivity contribution in [3.05, 3.63) is 38.7 Å². The second-order valence-corrected chi connectivity index (χ2v) is 5.45. The van der Waals surface area contributed by atoms with Gasteiger partial charge in [0, 0.05) is 20.3 Å². The van der Waals surface area contributed by atoms with E-state index >= 15 is 0 Å². The molecular formula is C15H18N4O5. The van der Waals surface area contributed by atoms with Gasteiger partial charge in [-0.15, -0.1) is 0 Å². The summed E-state index contributed by atoms with van der Waals surface area (Å²) in [6.07, 6.45) is 2.09. The molecule has 9 nitrogen and oxygen atoms in total. The third-order valence-electron chi connectivity index (χ3n) is 3.74. The predicted molar refractivity (Wildman–Crippen MR) is 86.0 cm³/mol. The molecule has 1 amide bonds. The van der Waals surface area contributed by atoms with Crippen LogP contribution in [0, 0.1) is 0 Å². The number of carboxylic acids is 1. The van der Waals surface area contributed by atoms with Gasteiger partial charge >= 0.3 is 11.7 Å². The fraction of sp³-hybridized carbons (Fsp3) is 0.400. The van der Waals surface area contributed by atoms with E-state index in [4.69, 9.17) is 5.11 Å². The largest absolute Gasteiger partial charge is 0.480 e. The lowest BCUT2D eigenvalue weighted by Gasteiger charge is -2.14. The second-order valence-electron chi connectivity index (χ2n) is 5.45. The standard InChI is InChI=1S/C15H18N4O5/c1-4-5-10(14(22)23)17-12(20)8-6-9-11(16-7-8)18(2)15(24)19(3)13(9)21/h6-7,10H,4-5H2,1-3H3,(H,17,20)(H,22,23). The molecule has 0 aliphatic carbocycles. The summed E-state index contributed by atoms with van der Waals surface area (Å²) >= 11 is 0. The van der Waals surface area contributed by atoms with Crippen molar-refractivity contribution in [2.45, 2.75) is 25.8 Å². The molecule has 0 aliphatic rings. The highest BCUT2D eigenvalue weighted by Gasteiger charge is 2.20. The lowest BCUT2D eigenvalue weighted by Crippen LogP contribution is -2.41. The zero-order chi connectivity index (χ0) is 18.0. The number of carboxylic acid groups (broad SMARTS) is 1. The molecule has 0 aromatic carbocycles. The van der Waals surface area contributed by atoms with Crippen molar-refractivity contribution in [2.24, 2.45) is 14.1 Å². The Balaban J connectivity index is 2.48. The van der Waals surface area contributed by atoms with Crippen LogP contribution in [0.25, 0.3) is 11.0 Å². The summed E-state index contributed by atoms with van der Waals surface area (Å²) in [4.78, 5) is 51.4. The number of aliphatic carboxylic acids is 1. The maximum atomic E-state index is 12.2. The van der Waals surface area contributed by atoms with Crippen LogP contribution in [0.4, 0.5) is 0 Å². The molecule has 2 heterocycles. The van der Waals surface area contributed by atoms with Gasteiger partial charge in [-0.1, -0.05) is 13.3 Å². The molecule has 0 aliphatic heterocycles. The zero-order valence-corrected chi connectivity index (χ0v) is 13.6. The van der Waals surface area contributed by atoms with E-state index in [0.717, 1.165) is 4.57 Å². The summed E-state index contributed by atoms with van der Waals surface area (Å²) in [5.41, 5.74) is -0.881. The molecule has 0 bridgehead atoms. The number of amides is 1. The van der Waals surface area contributed by atoms with Gasteiger partial charge in [0.1, 0.15) is 11.7 Å². The van der Waals surface area contributed by atoms with Crippen LogP contribution in [-0.4, -0.2) is 37.1 Å². The third-order valence-corrected chi connectivity index (χ3v) is 3.74. The number of aromatic nitrogens is 3. The molecule has 2 N–H and O–H groups in total. The molecule has 0 spiro atoms. The first kappa shape index (κ1) is 17.4. The van der Waals surface area contributed by atoms with Crippen molar-refractivity contribution in [3.63, 3.8) is 0 Å². The van der Waals surface area contributed by atoms with Crippen molar-refractivity contribution in [2.75, 3.05) is 0 Å². The molecule has 9 heteroatoms. The zero-order valence-electron chi connectivity index (χ0n) is 13.6. The third kappa shape index (κ3) is 3.05. The summed E-state index contributed by atoms with van der Waals surface area (Å²) in [5.74, 6) is -1.77. The average molecular weight is 334 g/mol. The molecular weight excluding hydrogens is 316 g/mol. The Morgan fingerprint density at radius 1 is 1.29 bits per heavy atom. The van der Waals surface area contributed by atoms with Crippen molar-refractivity contribution >= 4 is 22.9 Å². The molecule has 0 saturated carbocycles. The minimum atomic E-state index is -1.13. The average Bonchev–Trinajstić information content (AvgIpc) is 2.56. The first-order valence-electron chi connectivity index (χ1n) is 7.37. The van der Waals surface area contributed by atoms with Crippen LogP contribution in [0.3, 0.4) is 0 Å². The molecule has 2 aromatic rings. The van der Waals surface area contributed by atoms with Gasteiger partial charge in [0.2, 0.25) is 0 Å². The quantitative estimate of drug-likeness (QED) is 0.768. The van der Waals surface area contributed by atoms with Crippen LogP contribution in [0.15, 0.2) is 21.9 Å². The normalized spacial score (nSPS) is 12.1. The van der Waals surface area contributed by atoms with Crippen molar-refractivity contribution in [1.82, 2.24) is 19.4 Å².